The lowest BCUT2D eigenvalue weighted by Gasteiger charge is -2.10. The Bertz CT molecular complexity index is 559. The molecule has 0 aliphatic carbocycles. The summed E-state index contributed by atoms with van der Waals surface area (Å²) in [5.41, 5.74) is 0.205. The van der Waals surface area contributed by atoms with Crippen molar-refractivity contribution < 1.29 is 28.6 Å². The highest BCUT2D eigenvalue weighted by Crippen LogP contribution is 2.27. The van der Waals surface area contributed by atoms with E-state index in [1.807, 2.05) is 0 Å². The molecule has 0 fully saturated rings. The number of para-hydroxylation sites is 1. The highest BCUT2D eigenvalue weighted by Gasteiger charge is 2.19. The Labute approximate surface area is 115 Å². The molecule has 0 atom stereocenters. The minimum Gasteiger partial charge on any atom is -0.466 e. The first kappa shape index (κ1) is 15.4. The Morgan fingerprint density at radius 2 is 1.70 bits per heavy atom. The van der Waals surface area contributed by atoms with Crippen molar-refractivity contribution in [3.8, 4) is 5.75 Å². The van der Waals surface area contributed by atoms with Crippen LogP contribution in [0.5, 0.6) is 5.75 Å². The Morgan fingerprint density at radius 1 is 1.05 bits per heavy atom. The number of rotatable bonds is 4. The zero-order valence-corrected chi connectivity index (χ0v) is 11.3. The van der Waals surface area contributed by atoms with Gasteiger partial charge in [0.2, 0.25) is 0 Å². The molecule has 0 radical (unpaired) electrons. The molecule has 1 aromatic carbocycles. The molecule has 0 saturated heterocycles. The monoisotopic (exact) mass is 278 g/mol. The molecule has 0 aliphatic heterocycles. The fourth-order valence-corrected chi connectivity index (χ4v) is 1.47. The van der Waals surface area contributed by atoms with Gasteiger partial charge >= 0.3 is 17.9 Å². The molecular weight excluding hydrogens is 264 g/mol. The van der Waals surface area contributed by atoms with Gasteiger partial charge in [-0.3, -0.25) is 4.79 Å². The fourth-order valence-electron chi connectivity index (χ4n) is 1.47. The molecule has 106 valence electrons. The van der Waals surface area contributed by atoms with E-state index in [0.29, 0.717) is 0 Å². The molecule has 0 spiro atoms. The van der Waals surface area contributed by atoms with Crippen LogP contribution in [-0.2, 0) is 23.9 Å². The van der Waals surface area contributed by atoms with Crippen molar-refractivity contribution in [3.05, 3.63) is 35.9 Å². The Kier molecular flexibility index (Phi) is 5.46. The van der Waals surface area contributed by atoms with Crippen LogP contribution in [0.3, 0.4) is 0 Å². The lowest BCUT2D eigenvalue weighted by atomic mass is 10.0. The van der Waals surface area contributed by atoms with Crippen LogP contribution in [0.15, 0.2) is 30.3 Å². The summed E-state index contributed by atoms with van der Waals surface area (Å²) in [4.78, 5) is 34.2. The number of benzene rings is 1. The topological polar surface area (TPSA) is 78.9 Å². The molecule has 0 bridgehead atoms. The molecule has 0 N–H and O–H groups in total. The normalized spacial score (nSPS) is 10.7. The van der Waals surface area contributed by atoms with E-state index in [9.17, 15) is 14.4 Å². The van der Waals surface area contributed by atoms with Gasteiger partial charge in [0.05, 0.1) is 19.8 Å². The molecule has 0 aromatic heterocycles. The van der Waals surface area contributed by atoms with E-state index in [1.54, 1.807) is 12.1 Å². The summed E-state index contributed by atoms with van der Waals surface area (Å²) in [6.07, 6.45) is 0.980. The number of esters is 3. The third kappa shape index (κ3) is 3.94. The van der Waals surface area contributed by atoms with E-state index < -0.39 is 17.9 Å². The summed E-state index contributed by atoms with van der Waals surface area (Å²) in [6, 6.07) is 6.31. The molecule has 6 heteroatoms. The van der Waals surface area contributed by atoms with Gasteiger partial charge in [-0.1, -0.05) is 18.2 Å². The highest BCUT2D eigenvalue weighted by atomic mass is 16.5. The molecule has 0 heterocycles. The predicted octanol–water partition coefficient (Wildman–Crippen LogP) is 1.34. The van der Waals surface area contributed by atoms with E-state index in [4.69, 9.17) is 4.74 Å². The van der Waals surface area contributed by atoms with Gasteiger partial charge in [-0.25, -0.2) is 9.59 Å². The SMILES string of the molecule is COC(=O)/C=C(\C(=O)OC)c1ccccc1OC(C)=O. The van der Waals surface area contributed by atoms with Crippen LogP contribution >= 0.6 is 0 Å². The Morgan fingerprint density at radius 3 is 2.25 bits per heavy atom. The van der Waals surface area contributed by atoms with Crippen LogP contribution in [0.4, 0.5) is 0 Å². The summed E-state index contributed by atoms with van der Waals surface area (Å²) < 4.78 is 14.1. The summed E-state index contributed by atoms with van der Waals surface area (Å²) in [7, 11) is 2.37. The number of ether oxygens (including phenoxy) is 3. The van der Waals surface area contributed by atoms with Crippen LogP contribution in [-0.4, -0.2) is 32.1 Å². The van der Waals surface area contributed by atoms with E-state index >= 15 is 0 Å². The van der Waals surface area contributed by atoms with Crippen LogP contribution in [0, 0.1) is 0 Å². The maximum Gasteiger partial charge on any atom is 0.338 e. The number of hydrogen-bond donors (Lipinski definition) is 0. The maximum atomic E-state index is 11.8. The highest BCUT2D eigenvalue weighted by molar-refractivity contribution is 6.21. The van der Waals surface area contributed by atoms with Gasteiger partial charge in [-0.05, 0) is 6.07 Å². The van der Waals surface area contributed by atoms with Crippen molar-refractivity contribution in [1.82, 2.24) is 0 Å². The minimum absolute atomic E-state index is 0.0591. The summed E-state index contributed by atoms with van der Waals surface area (Å²) >= 11 is 0. The van der Waals surface area contributed by atoms with E-state index in [2.05, 4.69) is 9.47 Å². The average molecular weight is 278 g/mol. The molecular formula is C14H14O6. The Hall–Kier alpha value is -2.63. The molecule has 1 aromatic rings. The first-order valence-corrected chi connectivity index (χ1v) is 5.65. The molecule has 6 nitrogen and oxygen atoms in total. The van der Waals surface area contributed by atoms with E-state index in [1.165, 1.54) is 33.3 Å². The predicted molar refractivity (Wildman–Crippen MR) is 69.8 cm³/mol. The third-order valence-electron chi connectivity index (χ3n) is 2.30. The number of hydrogen-bond acceptors (Lipinski definition) is 6. The van der Waals surface area contributed by atoms with Crippen LogP contribution in [0.25, 0.3) is 5.57 Å². The average Bonchev–Trinajstić information content (AvgIpc) is 2.44. The minimum atomic E-state index is -0.741. The van der Waals surface area contributed by atoms with Gasteiger partial charge in [0.1, 0.15) is 5.75 Å². The summed E-state index contributed by atoms with van der Waals surface area (Å²) in [5, 5.41) is 0. The van der Waals surface area contributed by atoms with Crippen molar-refractivity contribution in [1.29, 1.82) is 0 Å². The van der Waals surface area contributed by atoms with Crippen molar-refractivity contribution in [2.24, 2.45) is 0 Å². The molecule has 0 aliphatic rings. The number of methoxy groups -OCH3 is 2. The largest absolute Gasteiger partial charge is 0.466 e. The number of carbonyl (C=O) groups is 3. The quantitative estimate of drug-likeness (QED) is 0.470. The van der Waals surface area contributed by atoms with Crippen molar-refractivity contribution in [2.45, 2.75) is 6.92 Å². The van der Waals surface area contributed by atoms with Gasteiger partial charge in [0, 0.05) is 18.6 Å². The van der Waals surface area contributed by atoms with Crippen LogP contribution in [0.2, 0.25) is 0 Å². The van der Waals surface area contributed by atoms with Crippen LogP contribution in [0.1, 0.15) is 12.5 Å². The van der Waals surface area contributed by atoms with Crippen molar-refractivity contribution in [2.75, 3.05) is 14.2 Å². The third-order valence-corrected chi connectivity index (χ3v) is 2.30. The molecule has 0 unspecified atom stereocenters. The maximum absolute atomic E-state index is 11.8. The van der Waals surface area contributed by atoms with Crippen LogP contribution < -0.4 is 4.74 Å². The van der Waals surface area contributed by atoms with Gasteiger partial charge in [0.25, 0.3) is 0 Å². The second kappa shape index (κ2) is 7.08. The second-order valence-corrected chi connectivity index (χ2v) is 3.66. The van der Waals surface area contributed by atoms with E-state index in [-0.39, 0.29) is 16.9 Å². The smallest absolute Gasteiger partial charge is 0.338 e. The molecule has 0 amide bonds. The fraction of sp³-hybridized carbons (Fsp3) is 0.214. The number of carbonyl (C=O) groups excluding carboxylic acids is 3. The zero-order valence-electron chi connectivity index (χ0n) is 11.3. The first-order chi connectivity index (χ1) is 9.49. The summed E-state index contributed by atoms with van der Waals surface area (Å²) in [5.74, 6) is -1.85. The molecule has 1 rings (SSSR count). The lowest BCUT2D eigenvalue weighted by Crippen LogP contribution is -2.10. The standard InChI is InChI=1S/C14H14O6/c1-9(15)20-12-7-5-4-6-10(12)11(14(17)19-3)8-13(16)18-2/h4-8H,1-3H3/b11-8-. The van der Waals surface area contributed by atoms with Gasteiger partial charge in [-0.2, -0.15) is 0 Å². The zero-order chi connectivity index (χ0) is 15.1. The second-order valence-electron chi connectivity index (χ2n) is 3.66. The van der Waals surface area contributed by atoms with Gasteiger partial charge < -0.3 is 14.2 Å². The molecule has 0 saturated carbocycles. The summed E-state index contributed by atoms with van der Waals surface area (Å²) in [6.45, 7) is 1.23. The van der Waals surface area contributed by atoms with E-state index in [0.717, 1.165) is 6.08 Å². The van der Waals surface area contributed by atoms with Gasteiger partial charge in [0.15, 0.2) is 0 Å². The lowest BCUT2D eigenvalue weighted by molar-refractivity contribution is -0.136. The molecule has 20 heavy (non-hydrogen) atoms. The van der Waals surface area contributed by atoms with Crippen molar-refractivity contribution >= 4 is 23.5 Å². The first-order valence-electron chi connectivity index (χ1n) is 5.65. The Balaban J connectivity index is 3.34. The van der Waals surface area contributed by atoms with Gasteiger partial charge in [-0.15, -0.1) is 0 Å². The van der Waals surface area contributed by atoms with Crippen molar-refractivity contribution in [3.63, 3.8) is 0 Å².